The molecule has 0 aromatic heterocycles. The van der Waals surface area contributed by atoms with Crippen LogP contribution in [0.2, 0.25) is 0 Å². The molecule has 1 aliphatic rings. The molecule has 0 saturated carbocycles. The van der Waals surface area contributed by atoms with Crippen LogP contribution in [0.1, 0.15) is 34.9 Å². The lowest BCUT2D eigenvalue weighted by atomic mass is 9.93. The largest absolute Gasteiger partial charge is 0.278 e. The number of likely N-dealkylation sites (N-methyl/N-ethyl adjacent to an activating group) is 2. The van der Waals surface area contributed by atoms with Gasteiger partial charge < -0.3 is 0 Å². The lowest BCUT2D eigenvalue weighted by Crippen LogP contribution is -2.26. The smallest absolute Gasteiger partial charge is 0.0892 e. The summed E-state index contributed by atoms with van der Waals surface area (Å²) in [6.07, 6.45) is 0.261. The third-order valence-corrected chi connectivity index (χ3v) is 5.33. The zero-order chi connectivity index (χ0) is 17.2. The Morgan fingerprint density at radius 2 is 0.800 bits per heavy atom. The average molecular weight is 328 g/mol. The summed E-state index contributed by atoms with van der Waals surface area (Å²) >= 11 is 0. The first-order valence-corrected chi connectivity index (χ1v) is 8.86. The minimum Gasteiger partial charge on any atom is -0.278 e. The van der Waals surface area contributed by atoms with Crippen LogP contribution in [0.15, 0.2) is 91.0 Å². The number of hydrogen-bond acceptors (Lipinski definition) is 2. The van der Waals surface area contributed by atoms with Gasteiger partial charge in [-0.25, -0.2) is 0 Å². The Balaban J connectivity index is 1.82. The van der Waals surface area contributed by atoms with Gasteiger partial charge >= 0.3 is 0 Å². The van der Waals surface area contributed by atoms with E-state index in [0.29, 0.717) is 12.1 Å². The molecular formula is C23H24N2. The summed E-state index contributed by atoms with van der Waals surface area (Å²) in [7, 11) is 4.49. The first-order valence-electron chi connectivity index (χ1n) is 8.86. The second kappa shape index (κ2) is 6.83. The van der Waals surface area contributed by atoms with Gasteiger partial charge in [-0.3, -0.25) is 9.80 Å². The van der Waals surface area contributed by atoms with Gasteiger partial charge in [0.05, 0.1) is 18.2 Å². The molecule has 1 fully saturated rings. The number of benzene rings is 3. The van der Waals surface area contributed by atoms with Crippen molar-refractivity contribution in [3.63, 3.8) is 0 Å². The summed E-state index contributed by atoms with van der Waals surface area (Å²) in [6, 6.07) is 33.2. The fraction of sp³-hybridized carbons (Fsp3) is 0.217. The average Bonchev–Trinajstić information content (AvgIpc) is 2.94. The first kappa shape index (κ1) is 16.1. The first-order chi connectivity index (χ1) is 12.3. The minimum atomic E-state index is 0.261. The van der Waals surface area contributed by atoms with Gasteiger partial charge in [0.2, 0.25) is 0 Å². The zero-order valence-electron chi connectivity index (χ0n) is 14.8. The topological polar surface area (TPSA) is 6.48 Å². The van der Waals surface area contributed by atoms with Crippen molar-refractivity contribution in [2.24, 2.45) is 0 Å². The standard InChI is InChI=1S/C23H24N2/c1-24-21(18-12-6-3-7-13-18)22(19-14-8-4-9-15-19)25(2)23(24)20-16-10-5-11-17-20/h3-17,21-23H,1-2H3/t21-,22+,23?. The van der Waals surface area contributed by atoms with Crippen molar-refractivity contribution in [3.05, 3.63) is 108 Å². The van der Waals surface area contributed by atoms with E-state index >= 15 is 0 Å². The molecule has 2 nitrogen and oxygen atoms in total. The van der Waals surface area contributed by atoms with Crippen molar-refractivity contribution in [3.8, 4) is 0 Å². The van der Waals surface area contributed by atoms with Gasteiger partial charge in [0.1, 0.15) is 0 Å². The maximum Gasteiger partial charge on any atom is 0.0892 e. The molecule has 3 aromatic carbocycles. The molecule has 0 radical (unpaired) electrons. The Kier molecular flexibility index (Phi) is 4.39. The molecule has 25 heavy (non-hydrogen) atoms. The third-order valence-electron chi connectivity index (χ3n) is 5.33. The predicted molar refractivity (Wildman–Crippen MR) is 103 cm³/mol. The Labute approximate surface area is 150 Å². The molecule has 1 heterocycles. The highest BCUT2D eigenvalue weighted by molar-refractivity contribution is 5.32. The molecular weight excluding hydrogens is 304 g/mol. The Morgan fingerprint density at radius 3 is 1.16 bits per heavy atom. The van der Waals surface area contributed by atoms with Crippen LogP contribution in [-0.4, -0.2) is 23.9 Å². The number of nitrogens with zero attached hydrogens (tertiary/aromatic N) is 2. The highest BCUT2D eigenvalue weighted by Crippen LogP contribution is 2.50. The van der Waals surface area contributed by atoms with Gasteiger partial charge in [-0.1, -0.05) is 91.0 Å². The van der Waals surface area contributed by atoms with Crippen LogP contribution in [0.4, 0.5) is 0 Å². The van der Waals surface area contributed by atoms with Crippen molar-refractivity contribution in [1.82, 2.24) is 9.80 Å². The van der Waals surface area contributed by atoms with Crippen molar-refractivity contribution in [2.75, 3.05) is 14.1 Å². The zero-order valence-corrected chi connectivity index (χ0v) is 14.8. The van der Waals surface area contributed by atoms with E-state index in [1.54, 1.807) is 0 Å². The SMILES string of the molecule is CN1C(c2ccccc2)N(C)[C@@H](c2ccccc2)[C@H]1c1ccccc1. The minimum absolute atomic E-state index is 0.261. The van der Waals surface area contributed by atoms with Gasteiger partial charge in [-0.15, -0.1) is 0 Å². The van der Waals surface area contributed by atoms with E-state index in [2.05, 4.69) is 115 Å². The molecule has 1 aliphatic heterocycles. The Morgan fingerprint density at radius 1 is 0.480 bits per heavy atom. The summed E-state index contributed by atoms with van der Waals surface area (Å²) in [5, 5.41) is 0. The van der Waals surface area contributed by atoms with Crippen molar-refractivity contribution in [1.29, 1.82) is 0 Å². The van der Waals surface area contributed by atoms with E-state index in [-0.39, 0.29) is 6.17 Å². The summed E-state index contributed by atoms with van der Waals surface area (Å²) in [4.78, 5) is 5.00. The second-order valence-corrected chi connectivity index (χ2v) is 6.83. The molecule has 2 heteroatoms. The summed E-state index contributed by atoms with van der Waals surface area (Å²) in [5.41, 5.74) is 4.07. The highest BCUT2D eigenvalue weighted by Gasteiger charge is 2.45. The Hall–Kier alpha value is -2.42. The van der Waals surface area contributed by atoms with Crippen molar-refractivity contribution < 1.29 is 0 Å². The van der Waals surface area contributed by atoms with Crippen LogP contribution in [-0.2, 0) is 0 Å². The van der Waals surface area contributed by atoms with Crippen LogP contribution in [0.25, 0.3) is 0 Å². The number of hydrogen-bond donors (Lipinski definition) is 0. The van der Waals surface area contributed by atoms with E-state index in [9.17, 15) is 0 Å². The van der Waals surface area contributed by atoms with Crippen molar-refractivity contribution in [2.45, 2.75) is 18.2 Å². The highest BCUT2D eigenvalue weighted by atomic mass is 15.4. The number of rotatable bonds is 3. The van der Waals surface area contributed by atoms with Gasteiger partial charge in [-0.05, 0) is 30.8 Å². The van der Waals surface area contributed by atoms with E-state index < -0.39 is 0 Å². The van der Waals surface area contributed by atoms with Gasteiger partial charge in [-0.2, -0.15) is 0 Å². The van der Waals surface area contributed by atoms with E-state index in [0.717, 1.165) is 0 Å². The predicted octanol–water partition coefficient (Wildman–Crippen LogP) is 5.05. The van der Waals surface area contributed by atoms with Gasteiger partial charge in [0.15, 0.2) is 0 Å². The van der Waals surface area contributed by atoms with E-state index in [1.807, 2.05) is 0 Å². The van der Waals surface area contributed by atoms with E-state index in [1.165, 1.54) is 16.7 Å². The van der Waals surface area contributed by atoms with Crippen LogP contribution in [0.3, 0.4) is 0 Å². The normalized spacial score (nSPS) is 24.5. The summed E-state index contributed by atoms with van der Waals surface area (Å²) in [6.45, 7) is 0. The second-order valence-electron chi connectivity index (χ2n) is 6.83. The van der Waals surface area contributed by atoms with Gasteiger partial charge in [0, 0.05) is 0 Å². The molecule has 0 bridgehead atoms. The Bertz CT molecular complexity index is 750. The molecule has 0 aliphatic carbocycles. The molecule has 1 saturated heterocycles. The fourth-order valence-electron chi connectivity index (χ4n) is 4.27. The maximum atomic E-state index is 2.50. The fourth-order valence-corrected chi connectivity index (χ4v) is 4.27. The molecule has 0 N–H and O–H groups in total. The van der Waals surface area contributed by atoms with Crippen LogP contribution >= 0.6 is 0 Å². The summed E-state index contributed by atoms with van der Waals surface area (Å²) in [5.74, 6) is 0. The molecule has 3 aromatic rings. The van der Waals surface area contributed by atoms with Crippen molar-refractivity contribution >= 4 is 0 Å². The lowest BCUT2D eigenvalue weighted by Gasteiger charge is -2.27. The molecule has 4 rings (SSSR count). The van der Waals surface area contributed by atoms with Gasteiger partial charge in [0.25, 0.3) is 0 Å². The molecule has 0 spiro atoms. The quantitative estimate of drug-likeness (QED) is 0.664. The van der Waals surface area contributed by atoms with E-state index in [4.69, 9.17) is 0 Å². The van der Waals surface area contributed by atoms with Crippen LogP contribution < -0.4 is 0 Å². The summed E-state index contributed by atoms with van der Waals surface area (Å²) < 4.78 is 0. The maximum absolute atomic E-state index is 2.50. The lowest BCUT2D eigenvalue weighted by molar-refractivity contribution is 0.164. The van der Waals surface area contributed by atoms with Crippen LogP contribution in [0, 0.1) is 0 Å². The molecule has 1 unspecified atom stereocenters. The monoisotopic (exact) mass is 328 g/mol. The molecule has 0 amide bonds. The third kappa shape index (κ3) is 2.88. The van der Waals surface area contributed by atoms with Crippen LogP contribution in [0.5, 0.6) is 0 Å². The molecule has 126 valence electrons. The molecule has 3 atom stereocenters.